The summed E-state index contributed by atoms with van der Waals surface area (Å²) in [4.78, 5) is 8.32. The summed E-state index contributed by atoms with van der Waals surface area (Å²) in [7, 11) is 0. The van der Waals surface area contributed by atoms with Gasteiger partial charge in [-0.25, -0.2) is 4.98 Å². The van der Waals surface area contributed by atoms with Gasteiger partial charge in [0.1, 0.15) is 0 Å². The molecule has 1 N–H and O–H groups in total. The van der Waals surface area contributed by atoms with Gasteiger partial charge in [-0.2, -0.15) is 0 Å². The first-order valence-electron chi connectivity index (χ1n) is 7.14. The molecule has 0 aromatic carbocycles. The van der Waals surface area contributed by atoms with Crippen LogP contribution in [0.1, 0.15) is 36.6 Å². The van der Waals surface area contributed by atoms with E-state index in [4.69, 9.17) is 0 Å². The minimum Gasteiger partial charge on any atom is -0.311 e. The molecule has 1 aromatic heterocycles. The monoisotopic (exact) mass is 267 g/mol. The van der Waals surface area contributed by atoms with E-state index in [1.165, 1.54) is 42.4 Å². The number of likely N-dealkylation sites (tertiary alicyclic amines) is 1. The van der Waals surface area contributed by atoms with Gasteiger partial charge in [-0.05, 0) is 38.3 Å². The smallest absolute Gasteiger partial charge is 0.0925 e. The molecule has 1 saturated heterocycles. The minimum absolute atomic E-state index is 0.930. The molecule has 0 radical (unpaired) electrons. The summed E-state index contributed by atoms with van der Waals surface area (Å²) in [6, 6.07) is 0. The van der Waals surface area contributed by atoms with Gasteiger partial charge in [0.2, 0.25) is 0 Å². The van der Waals surface area contributed by atoms with E-state index in [0.29, 0.717) is 0 Å². The summed E-state index contributed by atoms with van der Waals surface area (Å²) < 4.78 is 0. The van der Waals surface area contributed by atoms with Crippen molar-refractivity contribution in [3.05, 3.63) is 16.1 Å². The van der Waals surface area contributed by atoms with Crippen LogP contribution in [0.4, 0.5) is 0 Å². The minimum atomic E-state index is 0.930. The molecule has 102 valence electrons. The second-order valence-electron chi connectivity index (χ2n) is 5.27. The Kier molecular flexibility index (Phi) is 5.60. The van der Waals surface area contributed by atoms with Crippen LogP contribution in [0.2, 0.25) is 0 Å². The van der Waals surface area contributed by atoms with E-state index in [1.807, 2.05) is 17.5 Å². The van der Waals surface area contributed by atoms with Crippen molar-refractivity contribution in [3.8, 4) is 0 Å². The molecule has 0 unspecified atom stereocenters. The summed E-state index contributed by atoms with van der Waals surface area (Å²) in [5.74, 6) is 0.930. The van der Waals surface area contributed by atoms with Crippen LogP contribution in [0.25, 0.3) is 0 Å². The molecule has 18 heavy (non-hydrogen) atoms. The zero-order valence-corrected chi connectivity index (χ0v) is 12.4. The van der Waals surface area contributed by atoms with E-state index in [1.54, 1.807) is 0 Å². The fourth-order valence-electron chi connectivity index (χ4n) is 2.33. The third-order valence-electron chi connectivity index (χ3n) is 3.68. The molecule has 1 aromatic rings. The largest absolute Gasteiger partial charge is 0.311 e. The Morgan fingerprint density at radius 2 is 2.22 bits per heavy atom. The summed E-state index contributed by atoms with van der Waals surface area (Å²) in [5, 5.41) is 4.77. The highest BCUT2D eigenvalue weighted by atomic mass is 32.1. The second kappa shape index (κ2) is 7.22. The zero-order chi connectivity index (χ0) is 12.8. The van der Waals surface area contributed by atoms with Gasteiger partial charge in [-0.3, -0.25) is 0 Å². The number of thiazole rings is 1. The highest BCUT2D eigenvalue weighted by Crippen LogP contribution is 2.15. The normalized spacial score (nSPS) is 18.3. The zero-order valence-electron chi connectivity index (χ0n) is 11.6. The summed E-state index contributed by atoms with van der Waals surface area (Å²) >= 11 is 1.83. The Bertz CT molecular complexity index is 343. The lowest BCUT2D eigenvalue weighted by molar-refractivity contribution is 0.193. The molecule has 0 bridgehead atoms. The van der Waals surface area contributed by atoms with Crippen LogP contribution in [0, 0.1) is 5.92 Å². The van der Waals surface area contributed by atoms with Crippen LogP contribution >= 0.6 is 11.3 Å². The lowest BCUT2D eigenvalue weighted by Crippen LogP contribution is -2.37. The molecule has 1 fully saturated rings. The van der Waals surface area contributed by atoms with E-state index in [-0.39, 0.29) is 0 Å². The highest BCUT2D eigenvalue weighted by molar-refractivity contribution is 7.11. The van der Waals surface area contributed by atoms with Crippen molar-refractivity contribution < 1.29 is 0 Å². The van der Waals surface area contributed by atoms with Gasteiger partial charge in [0.05, 0.1) is 5.01 Å². The Labute approximate surface area is 115 Å². The maximum atomic E-state index is 4.38. The molecule has 2 heterocycles. The molecule has 0 atom stereocenters. The Morgan fingerprint density at radius 1 is 1.44 bits per heavy atom. The van der Waals surface area contributed by atoms with Crippen LogP contribution < -0.4 is 5.32 Å². The van der Waals surface area contributed by atoms with Crippen LogP contribution in [-0.4, -0.2) is 36.1 Å². The number of piperidine rings is 1. The predicted molar refractivity (Wildman–Crippen MR) is 78.0 cm³/mol. The Hall–Kier alpha value is -0.450. The third kappa shape index (κ3) is 4.34. The Balaban J connectivity index is 1.58. The topological polar surface area (TPSA) is 28.2 Å². The van der Waals surface area contributed by atoms with Gasteiger partial charge in [-0.1, -0.05) is 13.8 Å². The van der Waals surface area contributed by atoms with E-state index >= 15 is 0 Å². The van der Waals surface area contributed by atoms with Crippen LogP contribution in [0.15, 0.2) is 6.20 Å². The lowest BCUT2D eigenvalue weighted by Gasteiger charge is -2.30. The van der Waals surface area contributed by atoms with E-state index in [0.717, 1.165) is 25.4 Å². The predicted octanol–water partition coefficient (Wildman–Crippen LogP) is 2.53. The number of hydrogen-bond donors (Lipinski definition) is 1. The molecule has 0 amide bonds. The first-order valence-corrected chi connectivity index (χ1v) is 7.96. The SMILES string of the molecule is CCc1ncc(CNCCN2CCC(C)CC2)s1. The van der Waals surface area contributed by atoms with E-state index < -0.39 is 0 Å². The highest BCUT2D eigenvalue weighted by Gasteiger charge is 2.14. The maximum absolute atomic E-state index is 4.38. The molecular formula is C14H25N3S. The molecule has 3 nitrogen and oxygen atoms in total. The molecule has 4 heteroatoms. The van der Waals surface area contributed by atoms with Crippen molar-refractivity contribution >= 4 is 11.3 Å². The van der Waals surface area contributed by atoms with E-state index in [2.05, 4.69) is 29.0 Å². The molecule has 0 aliphatic carbocycles. The molecule has 0 saturated carbocycles. The fourth-order valence-corrected chi connectivity index (χ4v) is 3.16. The number of aromatic nitrogens is 1. The lowest BCUT2D eigenvalue weighted by atomic mass is 9.99. The summed E-state index contributed by atoms with van der Waals surface area (Å²) in [6.07, 6.45) is 5.80. The maximum Gasteiger partial charge on any atom is 0.0925 e. The van der Waals surface area contributed by atoms with Crippen molar-refractivity contribution in [2.45, 2.75) is 39.7 Å². The number of nitrogens with one attached hydrogen (secondary N) is 1. The van der Waals surface area contributed by atoms with Gasteiger partial charge >= 0.3 is 0 Å². The number of nitrogens with zero attached hydrogens (tertiary/aromatic N) is 2. The number of rotatable bonds is 6. The van der Waals surface area contributed by atoms with Crippen LogP contribution in [0.5, 0.6) is 0 Å². The van der Waals surface area contributed by atoms with Crippen molar-refractivity contribution in [1.29, 1.82) is 0 Å². The van der Waals surface area contributed by atoms with Crippen molar-refractivity contribution in [2.24, 2.45) is 5.92 Å². The standard InChI is InChI=1S/C14H25N3S/c1-3-14-16-11-13(18-14)10-15-6-9-17-7-4-12(2)5-8-17/h11-12,15H,3-10H2,1-2H3. The summed E-state index contributed by atoms with van der Waals surface area (Å²) in [5.41, 5.74) is 0. The first kappa shape index (κ1) is 14.0. The summed E-state index contributed by atoms with van der Waals surface area (Å²) in [6.45, 7) is 10.3. The van der Waals surface area contributed by atoms with Crippen molar-refractivity contribution in [2.75, 3.05) is 26.2 Å². The quantitative estimate of drug-likeness (QED) is 0.803. The molecule has 1 aliphatic heterocycles. The van der Waals surface area contributed by atoms with Gasteiger partial charge < -0.3 is 10.2 Å². The van der Waals surface area contributed by atoms with Gasteiger partial charge in [0.15, 0.2) is 0 Å². The van der Waals surface area contributed by atoms with Crippen LogP contribution in [0.3, 0.4) is 0 Å². The number of hydrogen-bond acceptors (Lipinski definition) is 4. The Morgan fingerprint density at radius 3 is 2.89 bits per heavy atom. The van der Waals surface area contributed by atoms with Crippen molar-refractivity contribution in [1.82, 2.24) is 15.2 Å². The average Bonchev–Trinajstić information content (AvgIpc) is 2.85. The first-order chi connectivity index (χ1) is 8.78. The third-order valence-corrected chi connectivity index (χ3v) is 4.83. The molecule has 0 spiro atoms. The van der Waals surface area contributed by atoms with Crippen molar-refractivity contribution in [3.63, 3.8) is 0 Å². The van der Waals surface area contributed by atoms with Crippen LogP contribution in [-0.2, 0) is 13.0 Å². The molecular weight excluding hydrogens is 242 g/mol. The van der Waals surface area contributed by atoms with E-state index in [9.17, 15) is 0 Å². The second-order valence-corrected chi connectivity index (χ2v) is 6.47. The van der Waals surface area contributed by atoms with Gasteiger partial charge in [-0.15, -0.1) is 11.3 Å². The average molecular weight is 267 g/mol. The molecule has 2 rings (SSSR count). The van der Waals surface area contributed by atoms with Gasteiger partial charge in [0, 0.05) is 30.7 Å². The van der Waals surface area contributed by atoms with Gasteiger partial charge in [0.25, 0.3) is 0 Å². The number of aryl methyl sites for hydroxylation is 1. The molecule has 1 aliphatic rings. The fraction of sp³-hybridized carbons (Fsp3) is 0.786.